The van der Waals surface area contributed by atoms with Gasteiger partial charge in [0.1, 0.15) is 5.69 Å². The van der Waals surface area contributed by atoms with Crippen molar-refractivity contribution in [2.75, 3.05) is 19.7 Å². The average Bonchev–Trinajstić information content (AvgIpc) is 2.88. The third-order valence-electron chi connectivity index (χ3n) is 3.48. The van der Waals surface area contributed by atoms with Gasteiger partial charge < -0.3 is 15.0 Å². The molecule has 1 aromatic heterocycles. The summed E-state index contributed by atoms with van der Waals surface area (Å²) in [6.45, 7) is 3.00. The van der Waals surface area contributed by atoms with Crippen molar-refractivity contribution < 1.29 is 14.7 Å². The summed E-state index contributed by atoms with van der Waals surface area (Å²) in [7, 11) is 0. The summed E-state index contributed by atoms with van der Waals surface area (Å²) in [5.41, 5.74) is 0.992. The second-order valence-electron chi connectivity index (χ2n) is 4.78. The molecule has 1 aromatic rings. The van der Waals surface area contributed by atoms with Gasteiger partial charge in [0, 0.05) is 31.5 Å². The number of amides is 1. The van der Waals surface area contributed by atoms with E-state index in [1.165, 1.54) is 6.92 Å². The highest BCUT2D eigenvalue weighted by Crippen LogP contribution is 2.18. The molecule has 0 unspecified atom stereocenters. The monoisotopic (exact) mass is 250 g/mol. The van der Waals surface area contributed by atoms with Crippen molar-refractivity contribution in [3.63, 3.8) is 0 Å². The summed E-state index contributed by atoms with van der Waals surface area (Å²) < 4.78 is 0. The predicted octanol–water partition coefficient (Wildman–Crippen LogP) is 1.06. The first kappa shape index (κ1) is 12.8. The topological polar surface area (TPSA) is 73.4 Å². The second kappa shape index (κ2) is 5.35. The number of carbonyl (C=O) groups excluding carboxylic acids is 2. The van der Waals surface area contributed by atoms with E-state index in [0.29, 0.717) is 30.3 Å². The van der Waals surface area contributed by atoms with E-state index in [1.54, 1.807) is 17.2 Å². The van der Waals surface area contributed by atoms with Crippen LogP contribution in [-0.4, -0.2) is 46.4 Å². The van der Waals surface area contributed by atoms with Crippen LogP contribution in [0.2, 0.25) is 0 Å². The van der Waals surface area contributed by atoms with E-state index in [1.807, 2.05) is 0 Å². The van der Waals surface area contributed by atoms with E-state index >= 15 is 0 Å². The molecule has 1 aliphatic rings. The Morgan fingerprint density at radius 3 is 2.61 bits per heavy atom. The van der Waals surface area contributed by atoms with Gasteiger partial charge in [-0.05, 0) is 31.7 Å². The SMILES string of the molecule is CC(=O)c1c[nH]c(C(=O)N2CCC(CO)CC2)c1. The number of rotatable bonds is 3. The van der Waals surface area contributed by atoms with Crippen LogP contribution in [-0.2, 0) is 0 Å². The lowest BCUT2D eigenvalue weighted by Crippen LogP contribution is -2.39. The number of nitrogens with zero attached hydrogens (tertiary/aromatic N) is 1. The highest BCUT2D eigenvalue weighted by molar-refractivity contribution is 5.99. The van der Waals surface area contributed by atoms with E-state index in [9.17, 15) is 9.59 Å². The number of piperidine rings is 1. The van der Waals surface area contributed by atoms with Gasteiger partial charge in [-0.25, -0.2) is 0 Å². The molecule has 1 saturated heterocycles. The van der Waals surface area contributed by atoms with Crippen LogP contribution in [0.15, 0.2) is 12.3 Å². The molecule has 0 aliphatic carbocycles. The smallest absolute Gasteiger partial charge is 0.270 e. The lowest BCUT2D eigenvalue weighted by atomic mass is 9.98. The Bertz CT molecular complexity index is 445. The number of aromatic nitrogens is 1. The fourth-order valence-corrected chi connectivity index (χ4v) is 2.21. The molecule has 2 N–H and O–H groups in total. The van der Waals surface area contributed by atoms with Crippen LogP contribution >= 0.6 is 0 Å². The molecule has 0 aromatic carbocycles. The van der Waals surface area contributed by atoms with Gasteiger partial charge in [0.05, 0.1) is 0 Å². The summed E-state index contributed by atoms with van der Waals surface area (Å²) in [5, 5.41) is 9.05. The summed E-state index contributed by atoms with van der Waals surface area (Å²) in [5.74, 6) is 0.189. The van der Waals surface area contributed by atoms with Gasteiger partial charge in [-0.1, -0.05) is 0 Å². The molecule has 1 aliphatic heterocycles. The summed E-state index contributed by atoms with van der Waals surface area (Å²) in [6, 6.07) is 1.60. The van der Waals surface area contributed by atoms with Crippen LogP contribution < -0.4 is 0 Å². The van der Waals surface area contributed by atoms with E-state index in [4.69, 9.17) is 5.11 Å². The third kappa shape index (κ3) is 2.61. The zero-order valence-electron chi connectivity index (χ0n) is 10.5. The van der Waals surface area contributed by atoms with E-state index in [-0.39, 0.29) is 18.3 Å². The molecule has 1 fully saturated rings. The van der Waals surface area contributed by atoms with Crippen molar-refractivity contribution in [3.8, 4) is 0 Å². The number of hydrogen-bond donors (Lipinski definition) is 2. The van der Waals surface area contributed by atoms with Crippen LogP contribution in [0.1, 0.15) is 40.6 Å². The number of carbonyl (C=O) groups is 2. The minimum Gasteiger partial charge on any atom is -0.396 e. The number of H-pyrrole nitrogens is 1. The first-order valence-corrected chi connectivity index (χ1v) is 6.21. The quantitative estimate of drug-likeness (QED) is 0.788. The third-order valence-corrected chi connectivity index (χ3v) is 3.48. The van der Waals surface area contributed by atoms with Gasteiger partial charge in [0.15, 0.2) is 5.78 Å². The van der Waals surface area contributed by atoms with Gasteiger partial charge in [0.25, 0.3) is 5.91 Å². The number of Topliss-reactive ketones (excluding diaryl/α,β-unsaturated/α-hetero) is 1. The molecule has 1 amide bonds. The number of likely N-dealkylation sites (tertiary alicyclic amines) is 1. The highest BCUT2D eigenvalue weighted by Gasteiger charge is 2.24. The van der Waals surface area contributed by atoms with Crippen LogP contribution in [0.4, 0.5) is 0 Å². The van der Waals surface area contributed by atoms with Crippen molar-refractivity contribution in [3.05, 3.63) is 23.5 Å². The standard InChI is InChI=1S/C13H18N2O3/c1-9(17)11-6-12(14-7-11)13(18)15-4-2-10(8-16)3-5-15/h6-7,10,14,16H,2-5,8H2,1H3. The molecular weight excluding hydrogens is 232 g/mol. The number of ketones is 1. The van der Waals surface area contributed by atoms with Gasteiger partial charge in [-0.2, -0.15) is 0 Å². The zero-order valence-corrected chi connectivity index (χ0v) is 10.5. The number of aliphatic hydroxyl groups is 1. The Labute approximate surface area is 106 Å². The van der Waals surface area contributed by atoms with Crippen LogP contribution in [0.5, 0.6) is 0 Å². The largest absolute Gasteiger partial charge is 0.396 e. The highest BCUT2D eigenvalue weighted by atomic mass is 16.3. The van der Waals surface area contributed by atoms with Crippen molar-refractivity contribution in [2.45, 2.75) is 19.8 Å². The number of nitrogens with one attached hydrogen (secondary N) is 1. The molecule has 2 heterocycles. The molecule has 2 rings (SSSR count). The molecule has 18 heavy (non-hydrogen) atoms. The van der Waals surface area contributed by atoms with Crippen LogP contribution in [0.25, 0.3) is 0 Å². The Morgan fingerprint density at radius 2 is 2.11 bits per heavy atom. The molecule has 0 radical (unpaired) electrons. The molecule has 98 valence electrons. The molecule has 5 heteroatoms. The Kier molecular flexibility index (Phi) is 3.81. The molecule has 0 saturated carbocycles. The maximum Gasteiger partial charge on any atom is 0.270 e. The molecule has 0 atom stereocenters. The van der Waals surface area contributed by atoms with Crippen LogP contribution in [0.3, 0.4) is 0 Å². The number of hydrogen-bond acceptors (Lipinski definition) is 3. The Hall–Kier alpha value is -1.62. The molecule has 0 bridgehead atoms. The minimum absolute atomic E-state index is 0.0516. The molecular formula is C13H18N2O3. The van der Waals surface area contributed by atoms with Gasteiger partial charge >= 0.3 is 0 Å². The van der Waals surface area contributed by atoms with Gasteiger partial charge in [0.2, 0.25) is 0 Å². The van der Waals surface area contributed by atoms with E-state index < -0.39 is 0 Å². The molecule has 5 nitrogen and oxygen atoms in total. The predicted molar refractivity (Wildman–Crippen MR) is 66.5 cm³/mol. The second-order valence-corrected chi connectivity index (χ2v) is 4.78. The van der Waals surface area contributed by atoms with Crippen molar-refractivity contribution >= 4 is 11.7 Å². The minimum atomic E-state index is -0.0705. The van der Waals surface area contributed by atoms with Gasteiger partial charge in [-0.15, -0.1) is 0 Å². The van der Waals surface area contributed by atoms with Crippen molar-refractivity contribution in [1.82, 2.24) is 9.88 Å². The van der Waals surface area contributed by atoms with Crippen LogP contribution in [0, 0.1) is 5.92 Å². The number of aliphatic hydroxyl groups excluding tert-OH is 1. The summed E-state index contributed by atoms with van der Waals surface area (Å²) in [6.07, 6.45) is 3.24. The average molecular weight is 250 g/mol. The lowest BCUT2D eigenvalue weighted by molar-refractivity contribution is 0.0646. The van der Waals surface area contributed by atoms with E-state index in [0.717, 1.165) is 12.8 Å². The van der Waals surface area contributed by atoms with Crippen molar-refractivity contribution in [2.24, 2.45) is 5.92 Å². The maximum atomic E-state index is 12.2. The summed E-state index contributed by atoms with van der Waals surface area (Å²) >= 11 is 0. The maximum absolute atomic E-state index is 12.2. The zero-order chi connectivity index (χ0) is 13.1. The number of aromatic amines is 1. The first-order chi connectivity index (χ1) is 8.61. The van der Waals surface area contributed by atoms with E-state index in [2.05, 4.69) is 4.98 Å². The fraction of sp³-hybridized carbons (Fsp3) is 0.538. The summed E-state index contributed by atoms with van der Waals surface area (Å²) in [4.78, 5) is 27.9. The fourth-order valence-electron chi connectivity index (χ4n) is 2.21. The molecule has 0 spiro atoms. The first-order valence-electron chi connectivity index (χ1n) is 6.21. The lowest BCUT2D eigenvalue weighted by Gasteiger charge is -2.30. The Balaban J connectivity index is 2.01. The van der Waals surface area contributed by atoms with Crippen molar-refractivity contribution in [1.29, 1.82) is 0 Å². The Morgan fingerprint density at radius 1 is 1.44 bits per heavy atom. The van der Waals surface area contributed by atoms with Gasteiger partial charge in [-0.3, -0.25) is 9.59 Å². The normalized spacial score (nSPS) is 16.9.